The van der Waals surface area contributed by atoms with Crippen molar-refractivity contribution in [1.29, 1.82) is 0 Å². The third-order valence-electron chi connectivity index (χ3n) is 5.18. The van der Waals surface area contributed by atoms with Crippen LogP contribution >= 0.6 is 22.9 Å². The number of hydrogen-bond donors (Lipinski definition) is 0. The van der Waals surface area contributed by atoms with E-state index in [0.29, 0.717) is 17.6 Å². The second kappa shape index (κ2) is 10.00. The highest BCUT2D eigenvalue weighted by molar-refractivity contribution is 7.22. The lowest BCUT2D eigenvalue weighted by atomic mass is 10.0. The van der Waals surface area contributed by atoms with Crippen molar-refractivity contribution >= 4 is 49.9 Å². The number of carbonyl (C=O) groups is 1. The molecule has 1 heterocycles. The number of thiazole rings is 1. The van der Waals surface area contributed by atoms with Crippen LogP contribution in [0.2, 0.25) is 5.02 Å². The molecule has 0 unspecified atom stereocenters. The molecule has 3 rings (SSSR count). The van der Waals surface area contributed by atoms with Gasteiger partial charge < -0.3 is 0 Å². The molecule has 0 saturated carbocycles. The fourth-order valence-corrected chi connectivity index (χ4v) is 4.41. The van der Waals surface area contributed by atoms with Crippen LogP contribution in [-0.4, -0.2) is 22.4 Å². The molecule has 1 amide bonds. The van der Waals surface area contributed by atoms with Crippen molar-refractivity contribution in [3.8, 4) is 0 Å². The molecule has 0 bridgehead atoms. The number of non-ortho nitro benzene ring substituents is 1. The summed E-state index contributed by atoms with van der Waals surface area (Å²) in [6.07, 6.45) is 4.10. The summed E-state index contributed by atoms with van der Waals surface area (Å²) in [4.78, 5) is 30.1. The van der Waals surface area contributed by atoms with Crippen LogP contribution in [0.25, 0.3) is 10.2 Å². The summed E-state index contributed by atoms with van der Waals surface area (Å²) in [6.45, 7) is 4.92. The number of anilines is 1. The molecule has 0 aliphatic carbocycles. The normalized spacial score (nSPS) is 12.1. The Morgan fingerprint density at radius 1 is 1.27 bits per heavy atom. The Morgan fingerprint density at radius 2 is 2.03 bits per heavy atom. The van der Waals surface area contributed by atoms with Gasteiger partial charge in [0.15, 0.2) is 5.13 Å². The van der Waals surface area contributed by atoms with Crippen LogP contribution in [0, 0.1) is 16.0 Å². The third kappa shape index (κ3) is 5.15. The minimum absolute atomic E-state index is 0.0694. The highest BCUT2D eigenvalue weighted by Crippen LogP contribution is 2.32. The number of aromatic nitrogens is 1. The number of rotatable bonds is 9. The van der Waals surface area contributed by atoms with Gasteiger partial charge in [0.1, 0.15) is 0 Å². The second-order valence-corrected chi connectivity index (χ2v) is 8.77. The van der Waals surface area contributed by atoms with E-state index in [2.05, 4.69) is 18.8 Å². The first kappa shape index (κ1) is 22.2. The van der Waals surface area contributed by atoms with E-state index in [1.54, 1.807) is 4.90 Å². The van der Waals surface area contributed by atoms with Crippen molar-refractivity contribution in [1.82, 2.24) is 4.98 Å². The highest BCUT2D eigenvalue weighted by atomic mass is 35.5. The van der Waals surface area contributed by atoms with Gasteiger partial charge in [-0.15, -0.1) is 0 Å². The number of para-hydroxylation sites is 1. The fraction of sp³-hybridized carbons (Fsp3) is 0.364. The zero-order chi connectivity index (χ0) is 21.7. The SMILES string of the molecule is CC[C@@H](C)CCCCN(C(=O)c1ccc([N+](=O)[O-])cc1Cl)c1nc2ccccc2s1. The highest BCUT2D eigenvalue weighted by Gasteiger charge is 2.24. The van der Waals surface area contributed by atoms with Crippen molar-refractivity contribution < 1.29 is 9.72 Å². The van der Waals surface area contributed by atoms with Crippen molar-refractivity contribution in [2.45, 2.75) is 39.5 Å². The quantitative estimate of drug-likeness (QED) is 0.208. The van der Waals surface area contributed by atoms with E-state index in [9.17, 15) is 14.9 Å². The van der Waals surface area contributed by atoms with E-state index in [4.69, 9.17) is 11.6 Å². The fourth-order valence-electron chi connectivity index (χ4n) is 3.16. The molecular formula is C22H24ClN3O3S. The molecule has 8 heteroatoms. The standard InChI is InChI=1S/C22H24ClN3O3S/c1-3-15(2)8-6-7-13-25(22-24-19-9-4-5-10-20(19)30-22)21(27)17-12-11-16(26(28)29)14-18(17)23/h4-5,9-12,14-15H,3,6-8,13H2,1-2H3/t15-/m1/s1. The minimum atomic E-state index is -0.527. The van der Waals surface area contributed by atoms with Gasteiger partial charge >= 0.3 is 0 Å². The summed E-state index contributed by atoms with van der Waals surface area (Å²) >= 11 is 7.69. The molecule has 0 spiro atoms. The number of nitrogens with zero attached hydrogens (tertiary/aromatic N) is 3. The summed E-state index contributed by atoms with van der Waals surface area (Å²) in [5.74, 6) is 0.359. The van der Waals surface area contributed by atoms with Crippen molar-refractivity contribution in [3.05, 3.63) is 63.2 Å². The number of nitro groups is 1. The van der Waals surface area contributed by atoms with Gasteiger partial charge in [0, 0.05) is 18.7 Å². The van der Waals surface area contributed by atoms with Crippen molar-refractivity contribution in [2.75, 3.05) is 11.4 Å². The molecule has 1 atom stereocenters. The summed E-state index contributed by atoms with van der Waals surface area (Å²) in [5, 5.41) is 11.7. The maximum absolute atomic E-state index is 13.3. The van der Waals surface area contributed by atoms with Crippen LogP contribution in [0.4, 0.5) is 10.8 Å². The molecule has 0 fully saturated rings. The van der Waals surface area contributed by atoms with E-state index >= 15 is 0 Å². The van der Waals surface area contributed by atoms with Crippen LogP contribution in [0.15, 0.2) is 42.5 Å². The molecule has 2 aromatic carbocycles. The van der Waals surface area contributed by atoms with Crippen molar-refractivity contribution in [3.63, 3.8) is 0 Å². The van der Waals surface area contributed by atoms with Crippen LogP contribution < -0.4 is 4.90 Å². The maximum Gasteiger partial charge on any atom is 0.270 e. The van der Waals surface area contributed by atoms with E-state index in [1.807, 2.05) is 24.3 Å². The van der Waals surface area contributed by atoms with Gasteiger partial charge in [0.2, 0.25) is 0 Å². The van der Waals surface area contributed by atoms with Crippen LogP contribution in [0.3, 0.4) is 0 Å². The lowest BCUT2D eigenvalue weighted by Crippen LogP contribution is -2.32. The molecule has 0 saturated heterocycles. The van der Waals surface area contributed by atoms with Gasteiger partial charge in [-0.25, -0.2) is 4.98 Å². The molecule has 0 radical (unpaired) electrons. The number of benzene rings is 2. The second-order valence-electron chi connectivity index (χ2n) is 7.35. The van der Waals surface area contributed by atoms with Gasteiger partial charge in [0.25, 0.3) is 11.6 Å². The maximum atomic E-state index is 13.3. The first-order valence-corrected chi connectivity index (χ1v) is 11.2. The summed E-state index contributed by atoms with van der Waals surface area (Å²) < 4.78 is 1.000. The number of halogens is 1. The lowest BCUT2D eigenvalue weighted by molar-refractivity contribution is -0.384. The number of nitro benzene ring substituents is 1. The smallest absolute Gasteiger partial charge is 0.270 e. The molecular weight excluding hydrogens is 422 g/mol. The van der Waals surface area contributed by atoms with E-state index in [0.717, 1.165) is 35.9 Å². The largest absolute Gasteiger partial charge is 0.284 e. The predicted molar refractivity (Wildman–Crippen MR) is 123 cm³/mol. The van der Waals surface area contributed by atoms with E-state index in [1.165, 1.54) is 29.5 Å². The van der Waals surface area contributed by atoms with E-state index < -0.39 is 4.92 Å². The van der Waals surface area contributed by atoms with Gasteiger partial charge in [-0.1, -0.05) is 68.2 Å². The molecule has 0 N–H and O–H groups in total. The average molecular weight is 446 g/mol. The zero-order valence-electron chi connectivity index (χ0n) is 17.0. The summed E-state index contributed by atoms with van der Waals surface area (Å²) in [7, 11) is 0. The molecule has 6 nitrogen and oxygen atoms in total. The first-order valence-electron chi connectivity index (χ1n) is 10.0. The van der Waals surface area contributed by atoms with Gasteiger partial charge in [0.05, 0.1) is 25.7 Å². The molecule has 30 heavy (non-hydrogen) atoms. The number of amides is 1. The number of fused-ring (bicyclic) bond motifs is 1. The van der Waals surface area contributed by atoms with Gasteiger partial charge in [-0.3, -0.25) is 19.8 Å². The Kier molecular flexibility index (Phi) is 7.39. The van der Waals surface area contributed by atoms with Crippen LogP contribution in [-0.2, 0) is 0 Å². The van der Waals surface area contributed by atoms with Crippen molar-refractivity contribution in [2.24, 2.45) is 5.92 Å². The minimum Gasteiger partial charge on any atom is -0.284 e. The third-order valence-corrected chi connectivity index (χ3v) is 6.55. The predicted octanol–water partition coefficient (Wildman–Crippen LogP) is 6.72. The molecule has 0 aliphatic heterocycles. The van der Waals surface area contributed by atoms with E-state index in [-0.39, 0.29) is 22.2 Å². The Hall–Kier alpha value is -2.51. The van der Waals surface area contributed by atoms with Gasteiger partial charge in [-0.2, -0.15) is 0 Å². The lowest BCUT2D eigenvalue weighted by Gasteiger charge is -2.21. The molecule has 158 valence electrons. The Bertz CT molecular complexity index is 1020. The molecule has 0 aliphatic rings. The van der Waals surface area contributed by atoms with Crippen LogP contribution in [0.5, 0.6) is 0 Å². The number of unbranched alkanes of at least 4 members (excludes halogenated alkanes) is 1. The molecule has 1 aromatic heterocycles. The average Bonchev–Trinajstić information content (AvgIpc) is 3.16. The Morgan fingerprint density at radius 3 is 2.70 bits per heavy atom. The summed E-state index contributed by atoms with van der Waals surface area (Å²) in [5.41, 5.74) is 0.935. The molecule has 3 aromatic rings. The Labute approximate surface area is 184 Å². The van der Waals surface area contributed by atoms with Crippen LogP contribution in [0.1, 0.15) is 49.9 Å². The Balaban J connectivity index is 1.88. The first-order chi connectivity index (χ1) is 14.4. The van der Waals surface area contributed by atoms with Gasteiger partial charge in [-0.05, 0) is 30.5 Å². The zero-order valence-corrected chi connectivity index (χ0v) is 18.6. The summed E-state index contributed by atoms with van der Waals surface area (Å²) in [6, 6.07) is 11.7. The number of carbonyl (C=O) groups excluding carboxylic acids is 1. The monoisotopic (exact) mass is 445 g/mol. The number of hydrogen-bond acceptors (Lipinski definition) is 5. The topological polar surface area (TPSA) is 76.3 Å².